The lowest BCUT2D eigenvalue weighted by atomic mass is 11.0. The third kappa shape index (κ3) is 3.17. The van der Waals surface area contributed by atoms with Gasteiger partial charge in [0.2, 0.25) is 11.1 Å². The minimum atomic E-state index is 0. The number of aliphatic imine (C=N–C) groups is 1. The second-order valence-corrected chi connectivity index (χ2v) is 2.33. The van der Waals surface area contributed by atoms with Crippen molar-refractivity contribution in [2.24, 2.45) is 16.6 Å². The first kappa shape index (κ1) is 10.2. The molecule has 1 aromatic heterocycles. The molecule has 0 unspecified atom stereocenters. The smallest absolute Gasteiger partial charge is 0.212 e. The third-order valence-corrected chi connectivity index (χ3v) is 1.45. The molecule has 5 N–H and O–H groups in total. The van der Waals surface area contributed by atoms with Gasteiger partial charge in [0, 0.05) is 11.6 Å². The summed E-state index contributed by atoms with van der Waals surface area (Å²) < 4.78 is 0. The van der Waals surface area contributed by atoms with E-state index in [0.29, 0.717) is 5.13 Å². The number of thiazole rings is 1. The first-order valence-electron chi connectivity index (χ1n) is 2.53. The van der Waals surface area contributed by atoms with Crippen LogP contribution in [0.2, 0.25) is 0 Å². The van der Waals surface area contributed by atoms with Crippen molar-refractivity contribution in [1.82, 2.24) is 10.4 Å². The van der Waals surface area contributed by atoms with Gasteiger partial charge in [0.05, 0.1) is 0 Å². The predicted molar refractivity (Wildman–Crippen MR) is 48.0 cm³/mol. The van der Waals surface area contributed by atoms with E-state index in [1.54, 1.807) is 6.20 Å². The molecule has 0 aliphatic rings. The molecule has 0 bridgehead atoms. The van der Waals surface area contributed by atoms with Gasteiger partial charge < -0.3 is 5.73 Å². The molecular weight excluding hydrogens is 186 g/mol. The number of halogens is 1. The van der Waals surface area contributed by atoms with Crippen molar-refractivity contribution < 1.29 is 0 Å². The summed E-state index contributed by atoms with van der Waals surface area (Å²) in [6.07, 6.45) is 1.65. The van der Waals surface area contributed by atoms with E-state index >= 15 is 0 Å². The largest absolute Gasteiger partial charge is 0.369 e. The lowest BCUT2D eigenvalue weighted by Crippen LogP contribution is -2.36. The summed E-state index contributed by atoms with van der Waals surface area (Å²) >= 11 is 1.39. The molecule has 0 radical (unpaired) electrons. The molecule has 1 rings (SSSR count). The number of hydrazine groups is 1. The number of guanidine groups is 1. The van der Waals surface area contributed by atoms with Crippen LogP contribution in [-0.4, -0.2) is 10.9 Å². The van der Waals surface area contributed by atoms with Crippen molar-refractivity contribution in [3.8, 4) is 0 Å². The van der Waals surface area contributed by atoms with E-state index in [1.807, 2.05) is 5.38 Å². The van der Waals surface area contributed by atoms with Crippen LogP contribution in [0.4, 0.5) is 5.13 Å². The molecule has 0 saturated heterocycles. The van der Waals surface area contributed by atoms with E-state index in [4.69, 9.17) is 11.6 Å². The van der Waals surface area contributed by atoms with Crippen LogP contribution in [0.1, 0.15) is 0 Å². The van der Waals surface area contributed by atoms with Gasteiger partial charge in [-0.25, -0.2) is 10.8 Å². The average Bonchev–Trinajstić information content (AvgIpc) is 2.40. The van der Waals surface area contributed by atoms with E-state index in [0.717, 1.165) is 0 Å². The van der Waals surface area contributed by atoms with Crippen LogP contribution in [0.3, 0.4) is 0 Å². The molecule has 62 valence electrons. The molecule has 7 heteroatoms. The molecule has 11 heavy (non-hydrogen) atoms. The second-order valence-electron chi connectivity index (χ2n) is 1.46. The van der Waals surface area contributed by atoms with Gasteiger partial charge in [0.25, 0.3) is 0 Å². The summed E-state index contributed by atoms with van der Waals surface area (Å²) in [6.45, 7) is 0. The van der Waals surface area contributed by atoms with E-state index in [-0.39, 0.29) is 18.4 Å². The van der Waals surface area contributed by atoms with Crippen LogP contribution in [0, 0.1) is 0 Å². The topological polar surface area (TPSA) is 89.3 Å². The monoisotopic (exact) mass is 193 g/mol. The van der Waals surface area contributed by atoms with Crippen LogP contribution < -0.4 is 17.0 Å². The fraction of sp³-hybridized carbons (Fsp3) is 0. The molecule has 0 aliphatic heterocycles. The summed E-state index contributed by atoms with van der Waals surface area (Å²) in [5.41, 5.74) is 7.44. The number of hydrogen-bond acceptors (Lipinski definition) is 4. The van der Waals surface area contributed by atoms with Gasteiger partial charge in [0.1, 0.15) is 0 Å². The van der Waals surface area contributed by atoms with Crippen molar-refractivity contribution in [3.05, 3.63) is 11.6 Å². The van der Waals surface area contributed by atoms with Gasteiger partial charge in [-0.1, -0.05) is 0 Å². The summed E-state index contributed by atoms with van der Waals surface area (Å²) in [5.74, 6) is 5.12. The highest BCUT2D eigenvalue weighted by atomic mass is 35.5. The van der Waals surface area contributed by atoms with Crippen LogP contribution in [0.15, 0.2) is 16.6 Å². The minimum Gasteiger partial charge on any atom is -0.369 e. The number of nitrogens with zero attached hydrogens (tertiary/aromatic N) is 2. The highest BCUT2D eigenvalue weighted by Crippen LogP contribution is 2.13. The fourth-order valence-corrected chi connectivity index (χ4v) is 0.923. The van der Waals surface area contributed by atoms with Gasteiger partial charge >= 0.3 is 0 Å². The lowest BCUT2D eigenvalue weighted by molar-refractivity contribution is 1.01. The van der Waals surface area contributed by atoms with Crippen molar-refractivity contribution in [2.75, 3.05) is 0 Å². The zero-order chi connectivity index (χ0) is 7.40. The Hall–Kier alpha value is -0.850. The lowest BCUT2D eigenvalue weighted by Gasteiger charge is -1.92. The summed E-state index contributed by atoms with van der Waals surface area (Å²) in [5, 5.41) is 2.40. The van der Waals surface area contributed by atoms with Crippen molar-refractivity contribution >= 4 is 34.8 Å². The van der Waals surface area contributed by atoms with Gasteiger partial charge in [-0.15, -0.1) is 23.7 Å². The Balaban J connectivity index is 0.000001000. The van der Waals surface area contributed by atoms with E-state index in [9.17, 15) is 0 Å². The number of aromatic nitrogens is 1. The van der Waals surface area contributed by atoms with Crippen LogP contribution in [0.5, 0.6) is 0 Å². The molecule has 0 saturated carbocycles. The Morgan fingerprint density at radius 1 is 1.73 bits per heavy atom. The summed E-state index contributed by atoms with van der Waals surface area (Å²) in [6, 6.07) is 0. The maximum atomic E-state index is 5.24. The summed E-state index contributed by atoms with van der Waals surface area (Å²) in [4.78, 5) is 7.66. The Bertz CT molecular complexity index is 220. The van der Waals surface area contributed by atoms with Gasteiger partial charge in [-0.2, -0.15) is 4.99 Å². The number of nitrogens with two attached hydrogens (primary N) is 2. The van der Waals surface area contributed by atoms with Gasteiger partial charge in [-0.3, -0.25) is 5.43 Å². The second kappa shape index (κ2) is 4.89. The third-order valence-electron chi connectivity index (χ3n) is 0.783. The summed E-state index contributed by atoms with van der Waals surface area (Å²) in [7, 11) is 0. The van der Waals surface area contributed by atoms with Crippen molar-refractivity contribution in [1.29, 1.82) is 0 Å². The standard InChI is InChI=1S/C4H7N5S.ClH/c5-3(9-6)8-4-7-1-2-10-4;/h1-2H,6H2,(H3,5,7,8,9);1H. The Morgan fingerprint density at radius 3 is 2.91 bits per heavy atom. The van der Waals surface area contributed by atoms with E-state index < -0.39 is 0 Å². The molecule has 0 spiro atoms. The Labute approximate surface area is 73.9 Å². The van der Waals surface area contributed by atoms with Gasteiger partial charge in [-0.05, 0) is 0 Å². The number of nitrogens with one attached hydrogen (secondary N) is 1. The molecule has 0 amide bonds. The van der Waals surface area contributed by atoms with Crippen LogP contribution in [-0.2, 0) is 0 Å². The van der Waals surface area contributed by atoms with Crippen molar-refractivity contribution in [2.45, 2.75) is 0 Å². The average molecular weight is 194 g/mol. The maximum absolute atomic E-state index is 5.24. The number of rotatable bonds is 1. The van der Waals surface area contributed by atoms with E-state index in [1.165, 1.54) is 11.3 Å². The molecule has 0 aromatic carbocycles. The fourth-order valence-electron chi connectivity index (χ4n) is 0.406. The predicted octanol–water partition coefficient (Wildman–Crippen LogP) is -0.0256. The highest BCUT2D eigenvalue weighted by molar-refractivity contribution is 7.13. The van der Waals surface area contributed by atoms with Crippen LogP contribution >= 0.6 is 23.7 Å². The molecule has 1 heterocycles. The molecule has 0 aliphatic carbocycles. The molecule has 1 aromatic rings. The first-order valence-corrected chi connectivity index (χ1v) is 3.41. The molecule has 0 atom stereocenters. The number of hydrogen-bond donors (Lipinski definition) is 3. The van der Waals surface area contributed by atoms with Gasteiger partial charge in [0.15, 0.2) is 0 Å². The first-order chi connectivity index (χ1) is 4.83. The SMILES string of the molecule is Cl.NNC(N)=Nc1nccs1. The molecular formula is C4H8ClN5S. The quantitative estimate of drug-likeness (QED) is 0.253. The molecule has 0 fully saturated rings. The van der Waals surface area contributed by atoms with Crippen LogP contribution in [0.25, 0.3) is 0 Å². The van der Waals surface area contributed by atoms with Crippen molar-refractivity contribution in [3.63, 3.8) is 0 Å². The maximum Gasteiger partial charge on any atom is 0.212 e. The Morgan fingerprint density at radius 2 is 2.45 bits per heavy atom. The Kier molecular flexibility index (Phi) is 4.51. The zero-order valence-corrected chi connectivity index (χ0v) is 7.15. The minimum absolute atomic E-state index is 0. The zero-order valence-electron chi connectivity index (χ0n) is 5.52. The highest BCUT2D eigenvalue weighted by Gasteiger charge is 1.90. The molecule has 5 nitrogen and oxygen atoms in total. The normalized spacial score (nSPS) is 10.5. The van der Waals surface area contributed by atoms with E-state index in [2.05, 4.69) is 15.4 Å².